The third kappa shape index (κ3) is 6.57. The summed E-state index contributed by atoms with van der Waals surface area (Å²) in [5, 5.41) is 19.2. The monoisotopic (exact) mass is 418 g/mol. The maximum absolute atomic E-state index is 12.3. The molecule has 0 radical (unpaired) electrons. The molecular formula is C20H26N4O6. The SMILES string of the molecule is C[C@H](NC(=O)[C@H](C)NC(=O)[C@@H]1CCC(=O)N1)C(=O)N[C@@H](Cc1ccccc1)C(=O)O. The fraction of sp³-hybridized carbons (Fsp3) is 0.450. The van der Waals surface area contributed by atoms with Crippen LogP contribution in [-0.4, -0.2) is 58.9 Å². The molecule has 4 atom stereocenters. The van der Waals surface area contributed by atoms with Crippen LogP contribution in [0.2, 0.25) is 0 Å². The number of carbonyl (C=O) groups is 5. The lowest BCUT2D eigenvalue weighted by atomic mass is 10.1. The molecule has 1 saturated heterocycles. The highest BCUT2D eigenvalue weighted by Gasteiger charge is 2.30. The van der Waals surface area contributed by atoms with Crippen molar-refractivity contribution >= 4 is 29.6 Å². The number of hydrogen-bond acceptors (Lipinski definition) is 5. The summed E-state index contributed by atoms with van der Waals surface area (Å²) in [5.41, 5.74) is 0.747. The molecule has 10 heteroatoms. The van der Waals surface area contributed by atoms with E-state index in [2.05, 4.69) is 21.3 Å². The maximum Gasteiger partial charge on any atom is 0.326 e. The predicted octanol–water partition coefficient (Wildman–Crippen LogP) is -0.913. The number of carbonyl (C=O) groups excluding carboxylic acids is 4. The van der Waals surface area contributed by atoms with Crippen LogP contribution in [0.5, 0.6) is 0 Å². The van der Waals surface area contributed by atoms with Gasteiger partial charge in [-0.05, 0) is 25.8 Å². The summed E-state index contributed by atoms with van der Waals surface area (Å²) in [6, 6.07) is 5.07. The lowest BCUT2D eigenvalue weighted by Crippen LogP contribution is -2.55. The Morgan fingerprint density at radius 3 is 2.20 bits per heavy atom. The number of aliphatic carboxylic acids is 1. The number of rotatable bonds is 9. The van der Waals surface area contributed by atoms with Crippen molar-refractivity contribution in [3.8, 4) is 0 Å². The summed E-state index contributed by atoms with van der Waals surface area (Å²) in [6.07, 6.45) is 0.710. The van der Waals surface area contributed by atoms with Crippen LogP contribution in [0.3, 0.4) is 0 Å². The van der Waals surface area contributed by atoms with Gasteiger partial charge < -0.3 is 26.4 Å². The number of amides is 4. The van der Waals surface area contributed by atoms with Crippen molar-refractivity contribution in [2.75, 3.05) is 0 Å². The summed E-state index contributed by atoms with van der Waals surface area (Å²) in [6.45, 7) is 2.87. The van der Waals surface area contributed by atoms with Gasteiger partial charge in [-0.3, -0.25) is 19.2 Å². The van der Waals surface area contributed by atoms with E-state index in [1.54, 1.807) is 30.3 Å². The molecule has 0 saturated carbocycles. The molecule has 1 aromatic rings. The number of benzene rings is 1. The van der Waals surface area contributed by atoms with E-state index in [1.165, 1.54) is 13.8 Å². The Balaban J connectivity index is 1.85. The molecule has 0 aliphatic carbocycles. The normalized spacial score (nSPS) is 18.5. The highest BCUT2D eigenvalue weighted by Crippen LogP contribution is 2.07. The van der Waals surface area contributed by atoms with E-state index in [1.807, 2.05) is 0 Å². The van der Waals surface area contributed by atoms with E-state index >= 15 is 0 Å². The summed E-state index contributed by atoms with van der Waals surface area (Å²) >= 11 is 0. The molecule has 162 valence electrons. The predicted molar refractivity (Wildman–Crippen MR) is 106 cm³/mol. The van der Waals surface area contributed by atoms with Crippen molar-refractivity contribution in [1.29, 1.82) is 0 Å². The van der Waals surface area contributed by atoms with Crippen molar-refractivity contribution < 1.29 is 29.1 Å². The van der Waals surface area contributed by atoms with Gasteiger partial charge in [-0.25, -0.2) is 4.79 Å². The number of carboxylic acids is 1. The molecule has 1 aromatic carbocycles. The summed E-state index contributed by atoms with van der Waals surface area (Å²) in [4.78, 5) is 59.4. The molecule has 30 heavy (non-hydrogen) atoms. The zero-order valence-corrected chi connectivity index (χ0v) is 16.8. The Bertz CT molecular complexity index is 813. The molecule has 1 fully saturated rings. The molecular weight excluding hydrogens is 392 g/mol. The molecule has 0 spiro atoms. The average Bonchev–Trinajstić information content (AvgIpc) is 3.14. The van der Waals surface area contributed by atoms with Crippen LogP contribution < -0.4 is 21.3 Å². The highest BCUT2D eigenvalue weighted by molar-refractivity contribution is 5.95. The van der Waals surface area contributed by atoms with E-state index in [4.69, 9.17) is 0 Å². The summed E-state index contributed by atoms with van der Waals surface area (Å²) in [5.74, 6) is -3.15. The molecule has 5 N–H and O–H groups in total. The molecule has 10 nitrogen and oxygen atoms in total. The van der Waals surface area contributed by atoms with Crippen molar-refractivity contribution in [1.82, 2.24) is 21.3 Å². The maximum atomic E-state index is 12.3. The van der Waals surface area contributed by atoms with Crippen LogP contribution in [0.25, 0.3) is 0 Å². The second-order valence-corrected chi connectivity index (χ2v) is 7.21. The van der Waals surface area contributed by atoms with Crippen LogP contribution in [0.15, 0.2) is 30.3 Å². The fourth-order valence-corrected chi connectivity index (χ4v) is 2.94. The van der Waals surface area contributed by atoms with Gasteiger partial charge in [0.15, 0.2) is 0 Å². The minimum absolute atomic E-state index is 0.0994. The van der Waals surface area contributed by atoms with Gasteiger partial charge in [0.1, 0.15) is 24.2 Å². The lowest BCUT2D eigenvalue weighted by Gasteiger charge is -2.21. The van der Waals surface area contributed by atoms with Gasteiger partial charge in [-0.2, -0.15) is 0 Å². The molecule has 0 unspecified atom stereocenters. The molecule has 0 bridgehead atoms. The first kappa shape index (κ1) is 22.9. The van der Waals surface area contributed by atoms with Gasteiger partial charge in [-0.15, -0.1) is 0 Å². The van der Waals surface area contributed by atoms with Crippen LogP contribution in [0, 0.1) is 0 Å². The minimum Gasteiger partial charge on any atom is -0.480 e. The van der Waals surface area contributed by atoms with Gasteiger partial charge in [0.25, 0.3) is 0 Å². The van der Waals surface area contributed by atoms with Crippen LogP contribution >= 0.6 is 0 Å². The molecule has 2 rings (SSSR count). The quantitative estimate of drug-likeness (QED) is 0.350. The van der Waals surface area contributed by atoms with Gasteiger partial charge in [-0.1, -0.05) is 30.3 Å². The first-order valence-electron chi connectivity index (χ1n) is 9.64. The van der Waals surface area contributed by atoms with Crippen molar-refractivity contribution in [3.05, 3.63) is 35.9 Å². The Morgan fingerprint density at radius 1 is 1.03 bits per heavy atom. The van der Waals surface area contributed by atoms with Crippen LogP contribution in [0.4, 0.5) is 0 Å². The fourth-order valence-electron chi connectivity index (χ4n) is 2.94. The number of hydrogen-bond donors (Lipinski definition) is 5. The van der Waals surface area contributed by atoms with E-state index in [0.717, 1.165) is 5.56 Å². The Kier molecular flexibility index (Phi) is 7.90. The first-order valence-corrected chi connectivity index (χ1v) is 9.64. The van der Waals surface area contributed by atoms with Crippen molar-refractivity contribution in [3.63, 3.8) is 0 Å². The summed E-state index contributed by atoms with van der Waals surface area (Å²) < 4.78 is 0. The van der Waals surface area contributed by atoms with Gasteiger partial charge in [0.05, 0.1) is 0 Å². The van der Waals surface area contributed by atoms with Crippen LogP contribution in [0.1, 0.15) is 32.3 Å². The van der Waals surface area contributed by atoms with Crippen molar-refractivity contribution in [2.45, 2.75) is 57.3 Å². The van der Waals surface area contributed by atoms with Gasteiger partial charge >= 0.3 is 5.97 Å². The van der Waals surface area contributed by atoms with Gasteiger partial charge in [0, 0.05) is 12.8 Å². The molecule has 1 aliphatic heterocycles. The van der Waals surface area contributed by atoms with Gasteiger partial charge in [0.2, 0.25) is 23.6 Å². The van der Waals surface area contributed by atoms with E-state index in [9.17, 15) is 29.1 Å². The zero-order chi connectivity index (χ0) is 22.3. The van der Waals surface area contributed by atoms with Crippen molar-refractivity contribution in [2.24, 2.45) is 0 Å². The average molecular weight is 418 g/mol. The highest BCUT2D eigenvalue weighted by atomic mass is 16.4. The first-order chi connectivity index (χ1) is 14.2. The second kappa shape index (κ2) is 10.4. The molecule has 1 aliphatic rings. The standard InChI is InChI=1S/C20H26N4O6/c1-11(22-19(28)14-8-9-16(25)23-14)17(26)21-12(2)18(27)24-15(20(29)30)10-13-6-4-3-5-7-13/h3-7,11-12,14-15H,8-10H2,1-2H3,(H,21,26)(H,22,28)(H,23,25)(H,24,27)(H,29,30)/t11-,12-,14-,15-/m0/s1. The number of carboxylic acid groups (broad SMARTS) is 1. The minimum atomic E-state index is -1.19. The molecule has 4 amide bonds. The van der Waals surface area contributed by atoms with Crippen LogP contribution in [-0.2, 0) is 30.4 Å². The lowest BCUT2D eigenvalue weighted by molar-refractivity contribution is -0.142. The van der Waals surface area contributed by atoms with E-state index < -0.39 is 47.9 Å². The molecule has 1 heterocycles. The third-order valence-electron chi connectivity index (χ3n) is 4.71. The van der Waals surface area contributed by atoms with E-state index in [-0.39, 0.29) is 18.7 Å². The third-order valence-corrected chi connectivity index (χ3v) is 4.71. The topological polar surface area (TPSA) is 154 Å². The smallest absolute Gasteiger partial charge is 0.326 e. The Labute approximate surface area is 173 Å². The zero-order valence-electron chi connectivity index (χ0n) is 16.8. The number of nitrogens with one attached hydrogen (secondary N) is 4. The Morgan fingerprint density at radius 2 is 1.63 bits per heavy atom. The summed E-state index contributed by atoms with van der Waals surface area (Å²) in [7, 11) is 0. The van der Waals surface area contributed by atoms with E-state index in [0.29, 0.717) is 6.42 Å². The second-order valence-electron chi connectivity index (χ2n) is 7.21. The Hall–Kier alpha value is -3.43. The molecule has 0 aromatic heterocycles. The largest absolute Gasteiger partial charge is 0.480 e.